The molecule has 0 aromatic heterocycles. The number of hydrogen-bond donors (Lipinski definition) is 0. The lowest BCUT2D eigenvalue weighted by Gasteiger charge is -2.37. The van der Waals surface area contributed by atoms with Crippen LogP contribution in [0.3, 0.4) is 0 Å². The molecule has 28 heavy (non-hydrogen) atoms. The first kappa shape index (κ1) is 18.4. The second kappa shape index (κ2) is 7.98. The molecule has 2 aromatic rings. The smallest absolute Gasteiger partial charge is 0.265 e. The van der Waals surface area contributed by atoms with Gasteiger partial charge in [-0.15, -0.1) is 0 Å². The molecule has 1 atom stereocenters. The number of para-hydroxylation sites is 2. The summed E-state index contributed by atoms with van der Waals surface area (Å²) in [6.07, 6.45) is -0.727. The van der Waals surface area contributed by atoms with Gasteiger partial charge >= 0.3 is 0 Å². The van der Waals surface area contributed by atoms with E-state index < -0.39 is 6.10 Å². The van der Waals surface area contributed by atoms with E-state index in [0.717, 1.165) is 0 Å². The van der Waals surface area contributed by atoms with E-state index in [2.05, 4.69) is 0 Å². The van der Waals surface area contributed by atoms with E-state index in [1.807, 2.05) is 6.07 Å². The highest BCUT2D eigenvalue weighted by Crippen LogP contribution is 2.34. The van der Waals surface area contributed by atoms with E-state index in [1.54, 1.807) is 40.1 Å². The number of benzene rings is 2. The fourth-order valence-electron chi connectivity index (χ4n) is 3.50. The van der Waals surface area contributed by atoms with E-state index in [4.69, 9.17) is 9.47 Å². The zero-order valence-electron chi connectivity index (χ0n) is 15.3. The summed E-state index contributed by atoms with van der Waals surface area (Å²) in [6.45, 7) is 2.14. The van der Waals surface area contributed by atoms with Crippen molar-refractivity contribution in [1.82, 2.24) is 4.90 Å². The highest BCUT2D eigenvalue weighted by Gasteiger charge is 2.36. The van der Waals surface area contributed by atoms with Gasteiger partial charge in [-0.05, 0) is 29.8 Å². The van der Waals surface area contributed by atoms with Crippen molar-refractivity contribution in [3.05, 3.63) is 59.9 Å². The number of fused-ring (bicyclic) bond motifs is 1. The van der Waals surface area contributed by atoms with E-state index in [1.165, 1.54) is 12.1 Å². The maximum atomic E-state index is 13.5. The molecular weight excluding hydrogens is 363 g/mol. The predicted molar refractivity (Wildman–Crippen MR) is 101 cm³/mol. The molecule has 7 heteroatoms. The third kappa shape index (κ3) is 3.84. The Kier molecular flexibility index (Phi) is 5.25. The van der Waals surface area contributed by atoms with Crippen molar-refractivity contribution in [2.45, 2.75) is 12.5 Å². The third-order valence-electron chi connectivity index (χ3n) is 4.92. The van der Waals surface area contributed by atoms with Gasteiger partial charge in [0.05, 0.1) is 31.9 Å². The number of nitrogens with zero attached hydrogens (tertiary/aromatic N) is 2. The maximum absolute atomic E-state index is 13.5. The molecule has 2 heterocycles. The minimum atomic E-state index is -0.774. The van der Waals surface area contributed by atoms with E-state index in [-0.39, 0.29) is 30.6 Å². The molecule has 1 saturated heterocycles. The van der Waals surface area contributed by atoms with Gasteiger partial charge in [-0.1, -0.05) is 24.3 Å². The largest absolute Gasteiger partial charge is 0.476 e. The highest BCUT2D eigenvalue weighted by atomic mass is 19.1. The monoisotopic (exact) mass is 384 g/mol. The number of hydrogen-bond acceptors (Lipinski definition) is 4. The fourth-order valence-corrected chi connectivity index (χ4v) is 3.50. The summed E-state index contributed by atoms with van der Waals surface area (Å²) in [5.74, 6) is -0.247. The second-order valence-corrected chi connectivity index (χ2v) is 6.82. The van der Waals surface area contributed by atoms with Gasteiger partial charge in [-0.25, -0.2) is 4.39 Å². The third-order valence-corrected chi connectivity index (χ3v) is 4.92. The van der Waals surface area contributed by atoms with Gasteiger partial charge in [-0.3, -0.25) is 9.59 Å². The molecule has 2 aliphatic heterocycles. The van der Waals surface area contributed by atoms with Crippen LogP contribution < -0.4 is 9.64 Å². The maximum Gasteiger partial charge on any atom is 0.265 e. The molecule has 6 nitrogen and oxygen atoms in total. The van der Waals surface area contributed by atoms with Crippen LogP contribution in [0.4, 0.5) is 10.1 Å². The van der Waals surface area contributed by atoms with Crippen LogP contribution in [0.25, 0.3) is 0 Å². The van der Waals surface area contributed by atoms with Gasteiger partial charge < -0.3 is 19.3 Å². The lowest BCUT2D eigenvalue weighted by Crippen LogP contribution is -2.54. The minimum absolute atomic E-state index is 0.0462. The summed E-state index contributed by atoms with van der Waals surface area (Å²) in [5.41, 5.74) is 1.21. The molecule has 146 valence electrons. The molecule has 0 bridgehead atoms. The van der Waals surface area contributed by atoms with Crippen molar-refractivity contribution in [3.8, 4) is 5.75 Å². The zero-order chi connectivity index (χ0) is 19.5. The van der Waals surface area contributed by atoms with Gasteiger partial charge in [0.1, 0.15) is 11.6 Å². The Hall–Kier alpha value is -2.93. The Morgan fingerprint density at radius 3 is 2.64 bits per heavy atom. The number of rotatable bonds is 3. The van der Waals surface area contributed by atoms with Crippen molar-refractivity contribution in [1.29, 1.82) is 0 Å². The summed E-state index contributed by atoms with van der Waals surface area (Å²) < 4.78 is 24.7. The lowest BCUT2D eigenvalue weighted by atomic mass is 10.1. The van der Waals surface area contributed by atoms with Gasteiger partial charge in [0, 0.05) is 13.1 Å². The molecule has 4 rings (SSSR count). The molecule has 0 aliphatic carbocycles. The summed E-state index contributed by atoms with van der Waals surface area (Å²) >= 11 is 0. The Balaban J connectivity index is 1.56. The number of carbonyl (C=O) groups is 2. The highest BCUT2D eigenvalue weighted by molar-refractivity contribution is 5.98. The van der Waals surface area contributed by atoms with Crippen molar-refractivity contribution in [2.24, 2.45) is 0 Å². The van der Waals surface area contributed by atoms with Crippen molar-refractivity contribution in [2.75, 3.05) is 37.7 Å². The van der Waals surface area contributed by atoms with Crippen LogP contribution in [0.5, 0.6) is 5.75 Å². The summed E-state index contributed by atoms with van der Waals surface area (Å²) in [6, 6.07) is 13.1. The number of ether oxygens (including phenoxy) is 2. The topological polar surface area (TPSA) is 59.1 Å². The Morgan fingerprint density at radius 1 is 1.07 bits per heavy atom. The second-order valence-electron chi connectivity index (χ2n) is 6.82. The van der Waals surface area contributed by atoms with E-state index >= 15 is 0 Å². The van der Waals surface area contributed by atoms with Crippen LogP contribution in [-0.2, 0) is 20.7 Å². The Morgan fingerprint density at radius 2 is 1.86 bits per heavy atom. The summed E-state index contributed by atoms with van der Waals surface area (Å²) in [7, 11) is 0. The van der Waals surface area contributed by atoms with Gasteiger partial charge in [0.25, 0.3) is 5.91 Å². The van der Waals surface area contributed by atoms with Gasteiger partial charge in [-0.2, -0.15) is 0 Å². The number of anilines is 1. The average molecular weight is 384 g/mol. The number of halogens is 1. The molecule has 2 amide bonds. The number of morpholine rings is 1. The van der Waals surface area contributed by atoms with Gasteiger partial charge in [0.2, 0.25) is 5.91 Å². The molecule has 0 saturated carbocycles. The summed E-state index contributed by atoms with van der Waals surface area (Å²) in [4.78, 5) is 29.1. The minimum Gasteiger partial charge on any atom is -0.476 e. The van der Waals surface area contributed by atoms with E-state index in [0.29, 0.717) is 43.3 Å². The van der Waals surface area contributed by atoms with Crippen molar-refractivity contribution >= 4 is 17.5 Å². The molecule has 0 spiro atoms. The predicted octanol–water partition coefficient (Wildman–Crippen LogP) is 2.02. The molecule has 2 aliphatic rings. The first-order valence-corrected chi connectivity index (χ1v) is 9.29. The van der Waals surface area contributed by atoms with Gasteiger partial charge in [0.15, 0.2) is 6.10 Å². The molecule has 1 unspecified atom stereocenters. The molecule has 1 fully saturated rings. The standard InChI is InChI=1S/C21H21FN2O4/c22-16-5-3-4-15(12-16)13-20(25)24-14-19(21(26)23-8-10-27-11-9-23)28-18-7-2-1-6-17(18)24/h1-7,12,19H,8-11,13-14H2. The quantitative estimate of drug-likeness (QED) is 0.813. The van der Waals surface area contributed by atoms with Crippen LogP contribution in [0.15, 0.2) is 48.5 Å². The summed E-state index contributed by atoms with van der Waals surface area (Å²) in [5, 5.41) is 0. The Bertz CT molecular complexity index is 882. The number of carbonyl (C=O) groups excluding carboxylic acids is 2. The average Bonchev–Trinajstić information content (AvgIpc) is 2.73. The first-order chi connectivity index (χ1) is 13.6. The van der Waals surface area contributed by atoms with Crippen LogP contribution in [0, 0.1) is 5.82 Å². The SMILES string of the molecule is O=C(C1CN(C(=O)Cc2cccc(F)c2)c2ccccc2O1)N1CCOCC1. The van der Waals surface area contributed by atoms with Crippen LogP contribution in [0.1, 0.15) is 5.56 Å². The number of amides is 2. The molecule has 2 aromatic carbocycles. The van der Waals surface area contributed by atoms with Crippen LogP contribution >= 0.6 is 0 Å². The van der Waals surface area contributed by atoms with Crippen LogP contribution in [-0.4, -0.2) is 55.7 Å². The zero-order valence-corrected chi connectivity index (χ0v) is 15.3. The van der Waals surface area contributed by atoms with Crippen molar-refractivity contribution < 1.29 is 23.5 Å². The van der Waals surface area contributed by atoms with E-state index in [9.17, 15) is 14.0 Å². The molecule has 0 radical (unpaired) electrons. The molecular formula is C21H21FN2O4. The Labute approximate surface area is 162 Å². The van der Waals surface area contributed by atoms with Crippen LogP contribution in [0.2, 0.25) is 0 Å². The fraction of sp³-hybridized carbons (Fsp3) is 0.333. The lowest BCUT2D eigenvalue weighted by molar-refractivity contribution is -0.142. The molecule has 0 N–H and O–H groups in total. The van der Waals surface area contributed by atoms with Crippen molar-refractivity contribution in [3.63, 3.8) is 0 Å². The normalized spacial score (nSPS) is 19.0. The first-order valence-electron chi connectivity index (χ1n) is 9.29.